The van der Waals surface area contributed by atoms with E-state index in [1.165, 1.54) is 31.2 Å². The molecule has 1 amide bonds. The molecule has 23 heavy (non-hydrogen) atoms. The number of carbonyl (C=O) groups is 1. The van der Waals surface area contributed by atoms with Crippen molar-refractivity contribution in [3.8, 4) is 0 Å². The summed E-state index contributed by atoms with van der Waals surface area (Å²) in [6, 6.07) is 8.89. The molecular formula is C19H29N3O. The number of amides is 1. The van der Waals surface area contributed by atoms with Gasteiger partial charge in [0.1, 0.15) is 0 Å². The summed E-state index contributed by atoms with van der Waals surface area (Å²) < 4.78 is 0. The van der Waals surface area contributed by atoms with Crippen LogP contribution >= 0.6 is 0 Å². The largest absolute Gasteiger partial charge is 0.325 e. The molecule has 1 aliphatic carbocycles. The zero-order valence-electron chi connectivity index (χ0n) is 14.3. The molecule has 0 radical (unpaired) electrons. The number of rotatable bonds is 5. The van der Waals surface area contributed by atoms with Gasteiger partial charge in [0.2, 0.25) is 5.91 Å². The maximum atomic E-state index is 12.3. The number of hydrogen-bond donors (Lipinski definition) is 1. The summed E-state index contributed by atoms with van der Waals surface area (Å²) in [4.78, 5) is 17.2. The number of anilines is 1. The maximum absolute atomic E-state index is 12.3. The number of para-hydroxylation sites is 1. The standard InChI is InChI=1S/C19H29N3O/c1-2-16-7-3-6-10-18(16)20-19(23)15-21-11-13-22(14-12-21)17-8-4-5-9-17/h3,6-7,10,17H,2,4-5,8-9,11-15H2,1H3,(H,20,23). The van der Waals surface area contributed by atoms with Crippen molar-refractivity contribution in [1.29, 1.82) is 0 Å². The van der Waals surface area contributed by atoms with E-state index in [-0.39, 0.29) is 5.91 Å². The Morgan fingerprint density at radius 3 is 2.52 bits per heavy atom. The fourth-order valence-electron chi connectivity index (χ4n) is 3.90. The van der Waals surface area contributed by atoms with Gasteiger partial charge < -0.3 is 5.32 Å². The van der Waals surface area contributed by atoms with E-state index >= 15 is 0 Å². The van der Waals surface area contributed by atoms with Crippen LogP contribution in [0.5, 0.6) is 0 Å². The second-order valence-corrected chi connectivity index (χ2v) is 6.81. The van der Waals surface area contributed by atoms with Crippen LogP contribution in [-0.4, -0.2) is 54.5 Å². The van der Waals surface area contributed by atoms with Gasteiger partial charge in [-0.2, -0.15) is 0 Å². The third kappa shape index (κ3) is 4.33. The molecule has 3 rings (SSSR count). The summed E-state index contributed by atoms with van der Waals surface area (Å²) in [5.41, 5.74) is 2.16. The molecule has 2 fully saturated rings. The molecule has 0 atom stereocenters. The lowest BCUT2D eigenvalue weighted by atomic mass is 10.1. The van der Waals surface area contributed by atoms with Crippen molar-refractivity contribution in [1.82, 2.24) is 9.80 Å². The lowest BCUT2D eigenvalue weighted by molar-refractivity contribution is -0.117. The molecule has 1 saturated carbocycles. The first-order valence-corrected chi connectivity index (χ1v) is 9.10. The molecule has 1 aliphatic heterocycles. The molecule has 0 bridgehead atoms. The quantitative estimate of drug-likeness (QED) is 0.907. The summed E-state index contributed by atoms with van der Waals surface area (Å²) >= 11 is 0. The van der Waals surface area contributed by atoms with Gasteiger partial charge in [0.05, 0.1) is 6.54 Å². The van der Waals surface area contributed by atoms with E-state index in [2.05, 4.69) is 28.1 Å². The van der Waals surface area contributed by atoms with E-state index < -0.39 is 0 Å². The minimum Gasteiger partial charge on any atom is -0.325 e. The Balaban J connectivity index is 1.45. The summed E-state index contributed by atoms with van der Waals surface area (Å²) in [5, 5.41) is 3.08. The first-order valence-electron chi connectivity index (χ1n) is 9.10. The average molecular weight is 315 g/mol. The number of piperazine rings is 1. The summed E-state index contributed by atoms with van der Waals surface area (Å²) in [5.74, 6) is 0.111. The molecular weight excluding hydrogens is 286 g/mol. The van der Waals surface area contributed by atoms with Crippen LogP contribution in [0.3, 0.4) is 0 Å². The molecule has 4 heteroatoms. The van der Waals surface area contributed by atoms with Crippen LogP contribution in [0.15, 0.2) is 24.3 Å². The van der Waals surface area contributed by atoms with E-state index in [0.717, 1.165) is 44.3 Å². The number of hydrogen-bond acceptors (Lipinski definition) is 3. The van der Waals surface area contributed by atoms with Crippen LogP contribution in [-0.2, 0) is 11.2 Å². The average Bonchev–Trinajstić information content (AvgIpc) is 3.10. The number of benzene rings is 1. The van der Waals surface area contributed by atoms with E-state index in [1.54, 1.807) is 0 Å². The Hall–Kier alpha value is -1.39. The van der Waals surface area contributed by atoms with Crippen LogP contribution in [0.4, 0.5) is 5.69 Å². The molecule has 1 heterocycles. The molecule has 1 N–H and O–H groups in total. The van der Waals surface area contributed by atoms with Gasteiger partial charge in [-0.15, -0.1) is 0 Å². The maximum Gasteiger partial charge on any atom is 0.238 e. The molecule has 0 unspecified atom stereocenters. The Labute approximate surface area is 139 Å². The Kier molecular flexibility index (Phi) is 5.68. The summed E-state index contributed by atoms with van der Waals surface area (Å²) in [7, 11) is 0. The zero-order valence-corrected chi connectivity index (χ0v) is 14.3. The first kappa shape index (κ1) is 16.5. The predicted molar refractivity (Wildman–Crippen MR) is 94.7 cm³/mol. The highest BCUT2D eigenvalue weighted by Gasteiger charge is 2.26. The van der Waals surface area contributed by atoms with Crippen LogP contribution in [0.25, 0.3) is 0 Å². The number of nitrogens with zero attached hydrogens (tertiary/aromatic N) is 2. The lowest BCUT2D eigenvalue weighted by Crippen LogP contribution is -2.51. The fraction of sp³-hybridized carbons (Fsp3) is 0.632. The molecule has 0 spiro atoms. The SMILES string of the molecule is CCc1ccccc1NC(=O)CN1CCN(C2CCCC2)CC1. The molecule has 1 aromatic rings. The van der Waals surface area contributed by atoms with Crippen LogP contribution < -0.4 is 5.32 Å². The zero-order chi connectivity index (χ0) is 16.1. The van der Waals surface area contributed by atoms with Crippen molar-refractivity contribution in [2.24, 2.45) is 0 Å². The Morgan fingerprint density at radius 1 is 1.13 bits per heavy atom. The van der Waals surface area contributed by atoms with E-state index in [0.29, 0.717) is 6.54 Å². The third-order valence-corrected chi connectivity index (χ3v) is 5.29. The van der Waals surface area contributed by atoms with E-state index in [9.17, 15) is 4.79 Å². The number of nitrogens with one attached hydrogen (secondary N) is 1. The van der Waals surface area contributed by atoms with Crippen LogP contribution in [0.1, 0.15) is 38.2 Å². The smallest absolute Gasteiger partial charge is 0.238 e. The minimum absolute atomic E-state index is 0.111. The van der Waals surface area contributed by atoms with Crippen molar-refractivity contribution in [3.05, 3.63) is 29.8 Å². The normalized spacial score (nSPS) is 20.7. The highest BCUT2D eigenvalue weighted by molar-refractivity contribution is 5.93. The van der Waals surface area contributed by atoms with Gasteiger partial charge in [0, 0.05) is 37.9 Å². The van der Waals surface area contributed by atoms with Gasteiger partial charge in [-0.05, 0) is 30.9 Å². The number of carbonyl (C=O) groups excluding carboxylic acids is 1. The van der Waals surface area contributed by atoms with Crippen molar-refractivity contribution in [2.45, 2.75) is 45.1 Å². The van der Waals surface area contributed by atoms with Crippen molar-refractivity contribution in [3.63, 3.8) is 0 Å². The van der Waals surface area contributed by atoms with E-state index in [4.69, 9.17) is 0 Å². The number of aryl methyl sites for hydroxylation is 1. The van der Waals surface area contributed by atoms with Crippen molar-refractivity contribution in [2.75, 3.05) is 38.0 Å². The predicted octanol–water partition coefficient (Wildman–Crippen LogP) is 2.75. The van der Waals surface area contributed by atoms with Gasteiger partial charge in [-0.1, -0.05) is 38.0 Å². The highest BCUT2D eigenvalue weighted by Crippen LogP contribution is 2.24. The third-order valence-electron chi connectivity index (χ3n) is 5.29. The van der Waals surface area contributed by atoms with Gasteiger partial charge in [0.25, 0.3) is 0 Å². The van der Waals surface area contributed by atoms with Crippen molar-refractivity contribution >= 4 is 11.6 Å². The van der Waals surface area contributed by atoms with Crippen molar-refractivity contribution < 1.29 is 4.79 Å². The summed E-state index contributed by atoms with van der Waals surface area (Å²) in [6.07, 6.45) is 6.47. The van der Waals surface area contributed by atoms with Gasteiger partial charge >= 0.3 is 0 Å². The monoisotopic (exact) mass is 315 g/mol. The Morgan fingerprint density at radius 2 is 1.83 bits per heavy atom. The molecule has 0 aromatic heterocycles. The molecule has 4 nitrogen and oxygen atoms in total. The topological polar surface area (TPSA) is 35.6 Å². The molecule has 1 saturated heterocycles. The van der Waals surface area contributed by atoms with E-state index in [1.807, 2.05) is 18.2 Å². The lowest BCUT2D eigenvalue weighted by Gasteiger charge is -2.37. The summed E-state index contributed by atoms with van der Waals surface area (Å²) in [6.45, 7) is 6.88. The Bertz CT molecular complexity index is 517. The molecule has 126 valence electrons. The second-order valence-electron chi connectivity index (χ2n) is 6.81. The van der Waals surface area contributed by atoms with Gasteiger partial charge in [-0.3, -0.25) is 14.6 Å². The second kappa shape index (κ2) is 7.93. The van der Waals surface area contributed by atoms with Gasteiger partial charge in [-0.25, -0.2) is 0 Å². The minimum atomic E-state index is 0.111. The first-order chi connectivity index (χ1) is 11.3. The fourth-order valence-corrected chi connectivity index (χ4v) is 3.90. The molecule has 2 aliphatic rings. The van der Waals surface area contributed by atoms with Gasteiger partial charge in [0.15, 0.2) is 0 Å². The molecule has 1 aromatic carbocycles. The highest BCUT2D eigenvalue weighted by atomic mass is 16.2. The van der Waals surface area contributed by atoms with Crippen LogP contribution in [0.2, 0.25) is 0 Å². The van der Waals surface area contributed by atoms with Crippen LogP contribution in [0, 0.1) is 0 Å².